The number of rotatable bonds is 3. The molecule has 0 unspecified atom stereocenters. The lowest BCUT2D eigenvalue weighted by molar-refractivity contribution is -0.171. The fourth-order valence-electron chi connectivity index (χ4n) is 2.21. The second-order valence-corrected chi connectivity index (χ2v) is 4.98. The van der Waals surface area contributed by atoms with Crippen molar-refractivity contribution in [2.45, 2.75) is 19.3 Å². The number of benzene rings is 1. The summed E-state index contributed by atoms with van der Waals surface area (Å²) in [7, 11) is 0. The van der Waals surface area contributed by atoms with E-state index in [9.17, 15) is 14.3 Å². The Kier molecular flexibility index (Phi) is 2.70. The van der Waals surface area contributed by atoms with Crippen LogP contribution >= 0.6 is 0 Å². The molecule has 0 aromatic heterocycles. The lowest BCUT2D eigenvalue weighted by atomic mass is 9.60. The highest BCUT2D eigenvalue weighted by molar-refractivity contribution is 5.76. The standard InChI is InChI=1S/C13H15FO3/c1-12(2,11(15)16)13(7-17-8-13)9-5-3-4-6-10(9)14/h3-6H,7-8H2,1-2H3,(H,15,16). The molecule has 1 aliphatic heterocycles. The van der Waals surface area contributed by atoms with Gasteiger partial charge >= 0.3 is 5.97 Å². The van der Waals surface area contributed by atoms with E-state index in [1.807, 2.05) is 0 Å². The third kappa shape index (κ3) is 1.55. The first-order valence-corrected chi connectivity index (χ1v) is 5.48. The molecule has 0 amide bonds. The number of carbonyl (C=O) groups is 1. The molecule has 0 saturated carbocycles. The fourth-order valence-corrected chi connectivity index (χ4v) is 2.21. The summed E-state index contributed by atoms with van der Waals surface area (Å²) in [5.41, 5.74) is -1.41. The van der Waals surface area contributed by atoms with Crippen LogP contribution in [0.2, 0.25) is 0 Å². The van der Waals surface area contributed by atoms with Gasteiger partial charge in [-0.05, 0) is 25.5 Å². The first kappa shape index (κ1) is 12.0. The van der Waals surface area contributed by atoms with E-state index >= 15 is 0 Å². The van der Waals surface area contributed by atoms with Crippen molar-refractivity contribution in [1.82, 2.24) is 0 Å². The van der Waals surface area contributed by atoms with Crippen molar-refractivity contribution in [2.24, 2.45) is 5.41 Å². The van der Waals surface area contributed by atoms with Crippen molar-refractivity contribution in [3.63, 3.8) is 0 Å². The van der Waals surface area contributed by atoms with Crippen molar-refractivity contribution >= 4 is 5.97 Å². The van der Waals surface area contributed by atoms with Gasteiger partial charge in [0.25, 0.3) is 0 Å². The Hall–Kier alpha value is -1.42. The second-order valence-electron chi connectivity index (χ2n) is 4.98. The van der Waals surface area contributed by atoms with Crippen LogP contribution in [-0.4, -0.2) is 24.3 Å². The molecule has 1 aromatic rings. The number of aliphatic carboxylic acids is 1. The lowest BCUT2D eigenvalue weighted by Crippen LogP contribution is -2.60. The summed E-state index contributed by atoms with van der Waals surface area (Å²) in [6, 6.07) is 6.31. The van der Waals surface area contributed by atoms with Crippen molar-refractivity contribution in [3.05, 3.63) is 35.6 Å². The summed E-state index contributed by atoms with van der Waals surface area (Å²) in [6.45, 7) is 3.72. The number of carboxylic acids is 1. The minimum atomic E-state index is -1.06. The lowest BCUT2D eigenvalue weighted by Gasteiger charge is -2.50. The van der Waals surface area contributed by atoms with Crippen molar-refractivity contribution in [3.8, 4) is 0 Å². The van der Waals surface area contributed by atoms with Crippen molar-refractivity contribution < 1.29 is 19.0 Å². The zero-order valence-electron chi connectivity index (χ0n) is 9.87. The minimum Gasteiger partial charge on any atom is -0.481 e. The highest BCUT2D eigenvalue weighted by Gasteiger charge is 2.57. The van der Waals surface area contributed by atoms with Crippen LogP contribution in [0.1, 0.15) is 19.4 Å². The van der Waals surface area contributed by atoms with Crippen LogP contribution in [0.4, 0.5) is 4.39 Å². The van der Waals surface area contributed by atoms with Crippen LogP contribution in [0.25, 0.3) is 0 Å². The third-order valence-electron chi connectivity index (χ3n) is 3.82. The predicted molar refractivity (Wildman–Crippen MR) is 60.3 cm³/mol. The molecule has 4 heteroatoms. The van der Waals surface area contributed by atoms with Gasteiger partial charge in [-0.25, -0.2) is 4.39 Å². The quantitative estimate of drug-likeness (QED) is 0.878. The minimum absolute atomic E-state index is 0.243. The highest BCUT2D eigenvalue weighted by atomic mass is 19.1. The number of hydrogen-bond donors (Lipinski definition) is 1. The normalized spacial score (nSPS) is 18.5. The van der Waals surface area contributed by atoms with Gasteiger partial charge < -0.3 is 9.84 Å². The molecule has 0 spiro atoms. The van der Waals surface area contributed by atoms with Crippen molar-refractivity contribution in [2.75, 3.05) is 13.2 Å². The van der Waals surface area contributed by atoms with Gasteiger partial charge in [0, 0.05) is 0 Å². The molecule has 0 atom stereocenters. The number of carboxylic acid groups (broad SMARTS) is 1. The summed E-state index contributed by atoms with van der Waals surface area (Å²) in [6.07, 6.45) is 0. The largest absolute Gasteiger partial charge is 0.481 e. The predicted octanol–water partition coefficient (Wildman–Crippen LogP) is 2.20. The summed E-state index contributed by atoms with van der Waals surface area (Å²) in [4.78, 5) is 11.4. The molecule has 1 heterocycles. The molecule has 1 N–H and O–H groups in total. The topological polar surface area (TPSA) is 46.5 Å². The molecular formula is C13H15FO3. The Bertz CT molecular complexity index is 450. The molecule has 2 rings (SSSR count). The molecule has 0 aliphatic carbocycles. The van der Waals surface area contributed by atoms with Crippen LogP contribution in [-0.2, 0) is 14.9 Å². The van der Waals surface area contributed by atoms with Gasteiger partial charge in [0.15, 0.2) is 0 Å². The molecule has 1 aliphatic rings. The summed E-state index contributed by atoms with van der Waals surface area (Å²) >= 11 is 0. The molecule has 1 aromatic carbocycles. The molecule has 17 heavy (non-hydrogen) atoms. The van der Waals surface area contributed by atoms with Gasteiger partial charge in [-0.3, -0.25) is 4.79 Å². The van der Waals surface area contributed by atoms with Crippen molar-refractivity contribution in [1.29, 1.82) is 0 Å². The van der Waals surface area contributed by atoms with E-state index < -0.39 is 16.8 Å². The maximum atomic E-state index is 13.9. The van der Waals surface area contributed by atoms with Crippen LogP contribution in [0.15, 0.2) is 24.3 Å². The zero-order valence-corrected chi connectivity index (χ0v) is 9.87. The Balaban J connectivity index is 2.53. The second kappa shape index (κ2) is 3.81. The Labute approximate surface area is 99.2 Å². The Morgan fingerprint density at radius 3 is 2.41 bits per heavy atom. The van der Waals surface area contributed by atoms with E-state index in [0.29, 0.717) is 5.56 Å². The smallest absolute Gasteiger partial charge is 0.310 e. The first-order chi connectivity index (χ1) is 7.92. The van der Waals surface area contributed by atoms with Crippen LogP contribution in [0, 0.1) is 11.2 Å². The van der Waals surface area contributed by atoms with E-state index in [1.54, 1.807) is 32.0 Å². The maximum absolute atomic E-state index is 13.9. The third-order valence-corrected chi connectivity index (χ3v) is 3.82. The van der Waals surface area contributed by atoms with E-state index in [2.05, 4.69) is 0 Å². The summed E-state index contributed by atoms with van der Waals surface area (Å²) in [5, 5.41) is 9.32. The van der Waals surface area contributed by atoms with Gasteiger partial charge in [-0.1, -0.05) is 18.2 Å². The molecule has 1 fully saturated rings. The van der Waals surface area contributed by atoms with E-state index in [0.717, 1.165) is 0 Å². The average molecular weight is 238 g/mol. The van der Waals surface area contributed by atoms with Gasteiger partial charge in [0.2, 0.25) is 0 Å². The fraction of sp³-hybridized carbons (Fsp3) is 0.462. The summed E-state index contributed by atoms with van der Waals surface area (Å²) < 4.78 is 19.0. The van der Waals surface area contributed by atoms with Gasteiger partial charge in [-0.2, -0.15) is 0 Å². The molecule has 0 bridgehead atoms. The maximum Gasteiger partial charge on any atom is 0.310 e. The van der Waals surface area contributed by atoms with Crippen LogP contribution < -0.4 is 0 Å². The Morgan fingerprint density at radius 1 is 1.41 bits per heavy atom. The SMILES string of the molecule is CC(C)(C(=O)O)C1(c2ccccc2F)COC1. The number of halogens is 1. The molecular weight excluding hydrogens is 223 g/mol. The zero-order chi connectivity index (χ0) is 12.7. The molecule has 0 radical (unpaired) electrons. The van der Waals surface area contributed by atoms with Gasteiger partial charge in [0.05, 0.1) is 24.0 Å². The van der Waals surface area contributed by atoms with E-state index in [-0.39, 0.29) is 19.0 Å². The average Bonchev–Trinajstić information content (AvgIpc) is 2.18. The van der Waals surface area contributed by atoms with Crippen LogP contribution in [0.3, 0.4) is 0 Å². The first-order valence-electron chi connectivity index (χ1n) is 5.48. The molecule has 3 nitrogen and oxygen atoms in total. The van der Waals surface area contributed by atoms with Gasteiger partial charge in [0.1, 0.15) is 5.82 Å². The van der Waals surface area contributed by atoms with Gasteiger partial charge in [-0.15, -0.1) is 0 Å². The van der Waals surface area contributed by atoms with E-state index in [4.69, 9.17) is 4.74 Å². The highest BCUT2D eigenvalue weighted by Crippen LogP contribution is 2.48. The van der Waals surface area contributed by atoms with E-state index in [1.165, 1.54) is 6.07 Å². The number of ether oxygens (including phenoxy) is 1. The monoisotopic (exact) mass is 238 g/mol. The summed E-state index contributed by atoms with van der Waals surface area (Å²) in [5.74, 6) is -1.31. The molecule has 92 valence electrons. The number of hydrogen-bond acceptors (Lipinski definition) is 2. The van der Waals surface area contributed by atoms with Crippen LogP contribution in [0.5, 0.6) is 0 Å². The molecule has 1 saturated heterocycles. The Morgan fingerprint density at radius 2 is 2.00 bits per heavy atom.